The van der Waals surface area contributed by atoms with Gasteiger partial charge in [-0.2, -0.15) is 0 Å². The minimum atomic E-state index is -1.00. The van der Waals surface area contributed by atoms with E-state index in [1.54, 1.807) is 6.92 Å². The summed E-state index contributed by atoms with van der Waals surface area (Å²) in [5, 5.41) is 14.0. The third-order valence-electron chi connectivity index (χ3n) is 3.22. The molecule has 0 saturated heterocycles. The van der Waals surface area contributed by atoms with Crippen LogP contribution < -0.4 is 10.6 Å². The molecule has 0 saturated carbocycles. The zero-order valence-electron chi connectivity index (χ0n) is 12.0. The van der Waals surface area contributed by atoms with Crippen molar-refractivity contribution in [2.45, 2.75) is 47.1 Å². The Morgan fingerprint density at radius 1 is 1.11 bits per heavy atom. The van der Waals surface area contributed by atoms with Crippen LogP contribution in [0.25, 0.3) is 0 Å². The van der Waals surface area contributed by atoms with Crippen LogP contribution in [0, 0.1) is 17.8 Å². The van der Waals surface area contributed by atoms with E-state index in [0.29, 0.717) is 30.7 Å². The fraction of sp³-hybridized carbons (Fsp3) is 0.846. The molecule has 0 unspecified atom stereocenters. The third-order valence-corrected chi connectivity index (χ3v) is 3.22. The molecule has 106 valence electrons. The van der Waals surface area contributed by atoms with Crippen LogP contribution >= 0.6 is 0 Å². The largest absolute Gasteiger partial charge is 0.480 e. The number of amides is 2. The summed E-state index contributed by atoms with van der Waals surface area (Å²) in [5.41, 5.74) is 0. The lowest BCUT2D eigenvalue weighted by Crippen LogP contribution is -2.47. The first kappa shape index (κ1) is 16.7. The van der Waals surface area contributed by atoms with Crippen LogP contribution in [0.4, 0.5) is 4.79 Å². The van der Waals surface area contributed by atoms with Gasteiger partial charge in [-0.25, -0.2) is 9.59 Å². The average molecular weight is 258 g/mol. The maximum atomic E-state index is 11.6. The molecule has 0 rings (SSSR count). The first-order valence-electron chi connectivity index (χ1n) is 6.56. The van der Waals surface area contributed by atoms with E-state index >= 15 is 0 Å². The molecule has 0 bridgehead atoms. The standard InChI is InChI=1S/C13H26N2O3/c1-6-11(12(16)17)15-13(18)14-7-10(8(2)3)9(4)5/h8-11H,6-7H2,1-5H3,(H,16,17)(H2,14,15,18)/t11-/m0/s1. The summed E-state index contributed by atoms with van der Waals surface area (Å²) < 4.78 is 0. The van der Waals surface area contributed by atoms with Crippen LogP contribution in [0.5, 0.6) is 0 Å². The molecule has 18 heavy (non-hydrogen) atoms. The Labute approximate surface area is 109 Å². The first-order valence-corrected chi connectivity index (χ1v) is 6.56. The molecule has 5 nitrogen and oxygen atoms in total. The van der Waals surface area contributed by atoms with Gasteiger partial charge in [0, 0.05) is 6.54 Å². The van der Waals surface area contributed by atoms with E-state index < -0.39 is 18.0 Å². The van der Waals surface area contributed by atoms with Crippen molar-refractivity contribution in [1.82, 2.24) is 10.6 Å². The van der Waals surface area contributed by atoms with Crippen molar-refractivity contribution in [3.63, 3.8) is 0 Å². The lowest BCUT2D eigenvalue weighted by molar-refractivity contribution is -0.139. The number of hydrogen-bond acceptors (Lipinski definition) is 2. The van der Waals surface area contributed by atoms with Crippen molar-refractivity contribution in [2.24, 2.45) is 17.8 Å². The highest BCUT2D eigenvalue weighted by Gasteiger charge is 2.20. The summed E-state index contributed by atoms with van der Waals surface area (Å²) in [7, 11) is 0. The molecule has 0 radical (unpaired) electrons. The molecule has 0 aliphatic heterocycles. The lowest BCUT2D eigenvalue weighted by atomic mass is 9.85. The van der Waals surface area contributed by atoms with Crippen LogP contribution in [0.15, 0.2) is 0 Å². The van der Waals surface area contributed by atoms with Gasteiger partial charge >= 0.3 is 12.0 Å². The molecule has 3 N–H and O–H groups in total. The van der Waals surface area contributed by atoms with Crippen molar-refractivity contribution in [2.75, 3.05) is 6.54 Å². The van der Waals surface area contributed by atoms with Crippen molar-refractivity contribution in [3.8, 4) is 0 Å². The van der Waals surface area contributed by atoms with Gasteiger partial charge in [0.05, 0.1) is 0 Å². The fourth-order valence-electron chi connectivity index (χ4n) is 2.00. The van der Waals surface area contributed by atoms with Crippen molar-refractivity contribution < 1.29 is 14.7 Å². The molecular formula is C13H26N2O3. The summed E-state index contributed by atoms with van der Waals surface area (Å²) >= 11 is 0. The topological polar surface area (TPSA) is 78.4 Å². The summed E-state index contributed by atoms with van der Waals surface area (Å²) in [6.45, 7) is 10.8. The SMILES string of the molecule is CC[C@H](NC(=O)NCC(C(C)C)C(C)C)C(=O)O. The average Bonchev–Trinajstić information content (AvgIpc) is 2.24. The number of urea groups is 1. The first-order chi connectivity index (χ1) is 8.29. The minimum Gasteiger partial charge on any atom is -0.480 e. The second-order valence-electron chi connectivity index (χ2n) is 5.31. The van der Waals surface area contributed by atoms with E-state index in [1.165, 1.54) is 0 Å². The summed E-state index contributed by atoms with van der Waals surface area (Å²) in [4.78, 5) is 22.4. The van der Waals surface area contributed by atoms with Gasteiger partial charge in [0.1, 0.15) is 6.04 Å². The quantitative estimate of drug-likeness (QED) is 0.654. The molecule has 0 aliphatic rings. The number of carboxylic acids is 1. The number of aliphatic carboxylic acids is 1. The Hall–Kier alpha value is -1.26. The minimum absolute atomic E-state index is 0.376. The molecule has 5 heteroatoms. The summed E-state index contributed by atoms with van der Waals surface area (Å²) in [6, 6.07) is -1.22. The third kappa shape index (κ3) is 5.89. The number of nitrogens with one attached hydrogen (secondary N) is 2. The van der Waals surface area contributed by atoms with Gasteiger partial charge in [0.2, 0.25) is 0 Å². The van der Waals surface area contributed by atoms with E-state index in [4.69, 9.17) is 5.11 Å². The Morgan fingerprint density at radius 3 is 1.94 bits per heavy atom. The molecule has 0 fully saturated rings. The van der Waals surface area contributed by atoms with Gasteiger partial charge in [0.25, 0.3) is 0 Å². The zero-order chi connectivity index (χ0) is 14.3. The molecule has 0 aromatic carbocycles. The summed E-state index contributed by atoms with van der Waals surface area (Å²) in [5.74, 6) is 0.344. The predicted octanol–water partition coefficient (Wildman–Crippen LogP) is 2.08. The maximum Gasteiger partial charge on any atom is 0.326 e. The zero-order valence-corrected chi connectivity index (χ0v) is 12.0. The Morgan fingerprint density at radius 2 is 1.61 bits per heavy atom. The number of carbonyl (C=O) groups is 2. The van der Waals surface area contributed by atoms with Crippen LogP contribution in [0.1, 0.15) is 41.0 Å². The van der Waals surface area contributed by atoms with Crippen LogP contribution in [-0.4, -0.2) is 29.7 Å². The molecule has 1 atom stereocenters. The highest BCUT2D eigenvalue weighted by Crippen LogP contribution is 2.19. The van der Waals surface area contributed by atoms with E-state index in [9.17, 15) is 9.59 Å². The molecule has 0 aromatic heterocycles. The predicted molar refractivity (Wildman–Crippen MR) is 71.4 cm³/mol. The van der Waals surface area contributed by atoms with E-state index in [1.807, 2.05) is 0 Å². The van der Waals surface area contributed by atoms with Gasteiger partial charge in [-0.15, -0.1) is 0 Å². The Kier molecular flexibility index (Phi) is 7.39. The maximum absolute atomic E-state index is 11.6. The molecule has 0 aliphatic carbocycles. The molecule has 2 amide bonds. The van der Waals surface area contributed by atoms with Crippen LogP contribution in [0.3, 0.4) is 0 Å². The smallest absolute Gasteiger partial charge is 0.326 e. The molecular weight excluding hydrogens is 232 g/mol. The van der Waals surface area contributed by atoms with Gasteiger partial charge in [0.15, 0.2) is 0 Å². The highest BCUT2D eigenvalue weighted by atomic mass is 16.4. The number of hydrogen-bond donors (Lipinski definition) is 3. The lowest BCUT2D eigenvalue weighted by Gasteiger charge is -2.25. The van der Waals surface area contributed by atoms with E-state index in [0.717, 1.165) is 0 Å². The van der Waals surface area contributed by atoms with E-state index in [2.05, 4.69) is 38.3 Å². The number of carbonyl (C=O) groups excluding carboxylic acids is 1. The molecule has 0 heterocycles. The van der Waals surface area contributed by atoms with Gasteiger partial charge in [-0.1, -0.05) is 34.6 Å². The number of rotatable bonds is 7. The Bertz CT molecular complexity index is 269. The Balaban J connectivity index is 4.20. The summed E-state index contributed by atoms with van der Waals surface area (Å²) in [6.07, 6.45) is 0.376. The van der Waals surface area contributed by atoms with Gasteiger partial charge < -0.3 is 15.7 Å². The van der Waals surface area contributed by atoms with Crippen molar-refractivity contribution in [3.05, 3.63) is 0 Å². The normalized spacial score (nSPS) is 12.9. The van der Waals surface area contributed by atoms with Crippen LogP contribution in [0.2, 0.25) is 0 Å². The van der Waals surface area contributed by atoms with Gasteiger partial charge in [-0.05, 0) is 24.2 Å². The van der Waals surface area contributed by atoms with E-state index in [-0.39, 0.29) is 0 Å². The van der Waals surface area contributed by atoms with Crippen LogP contribution in [-0.2, 0) is 4.79 Å². The van der Waals surface area contributed by atoms with Crippen molar-refractivity contribution >= 4 is 12.0 Å². The second kappa shape index (κ2) is 7.95. The van der Waals surface area contributed by atoms with Crippen molar-refractivity contribution in [1.29, 1.82) is 0 Å². The van der Waals surface area contributed by atoms with Gasteiger partial charge in [-0.3, -0.25) is 0 Å². The molecule has 0 spiro atoms. The fourth-order valence-corrected chi connectivity index (χ4v) is 2.00. The second-order valence-corrected chi connectivity index (χ2v) is 5.31. The highest BCUT2D eigenvalue weighted by molar-refractivity contribution is 5.82. The monoisotopic (exact) mass is 258 g/mol. The molecule has 0 aromatic rings. The number of carboxylic acid groups (broad SMARTS) is 1.